The van der Waals surface area contributed by atoms with Gasteiger partial charge in [0, 0.05) is 12.6 Å². The van der Waals surface area contributed by atoms with Crippen molar-refractivity contribution in [2.75, 3.05) is 6.54 Å². The van der Waals surface area contributed by atoms with E-state index in [1.807, 2.05) is 0 Å². The van der Waals surface area contributed by atoms with Crippen molar-refractivity contribution in [3.63, 3.8) is 0 Å². The molecule has 0 aromatic carbocycles. The summed E-state index contributed by atoms with van der Waals surface area (Å²) < 4.78 is 16.1. The maximum Gasteiger partial charge on any atom is 0.411 e. The third-order valence-corrected chi connectivity index (χ3v) is 3.65. The molecule has 2 aromatic heterocycles. The van der Waals surface area contributed by atoms with Gasteiger partial charge in [0.25, 0.3) is 5.88 Å². The van der Waals surface area contributed by atoms with Crippen molar-refractivity contribution in [3.8, 4) is 5.88 Å². The monoisotopic (exact) mass is 349 g/mol. The summed E-state index contributed by atoms with van der Waals surface area (Å²) in [7, 11) is 0. The number of aliphatic carboxylic acids is 1. The molecule has 0 bridgehead atoms. The van der Waals surface area contributed by atoms with E-state index in [2.05, 4.69) is 10.1 Å². The number of hydrogen-bond donors (Lipinski definition) is 1. The van der Waals surface area contributed by atoms with Gasteiger partial charge in [-0.25, -0.2) is 14.6 Å². The number of likely N-dealkylation sites (tertiary alicyclic amines) is 1. The van der Waals surface area contributed by atoms with Crippen molar-refractivity contribution in [1.29, 1.82) is 0 Å². The number of amides is 1. The van der Waals surface area contributed by atoms with Gasteiger partial charge in [0.1, 0.15) is 17.7 Å². The number of rotatable bonds is 3. The van der Waals surface area contributed by atoms with Crippen LogP contribution in [0.4, 0.5) is 4.79 Å². The van der Waals surface area contributed by atoms with E-state index in [9.17, 15) is 14.7 Å². The molecule has 9 nitrogen and oxygen atoms in total. The summed E-state index contributed by atoms with van der Waals surface area (Å²) >= 11 is 0. The Morgan fingerprint density at radius 2 is 2.16 bits per heavy atom. The van der Waals surface area contributed by atoms with Crippen LogP contribution in [-0.2, 0) is 9.53 Å². The minimum Gasteiger partial charge on any atom is -0.480 e. The standard InChI is InChI=1S/C16H19N3O6/c1-16(2,3)24-15(22)19-8-9(7-10(19)14(20)21)23-13-12-11(25-18-13)5-4-6-17-12/h4-6,9-10H,7-8H2,1-3H3,(H,20,21). The minimum atomic E-state index is -1.11. The van der Waals surface area contributed by atoms with Gasteiger partial charge in [0.2, 0.25) is 0 Å². The minimum absolute atomic E-state index is 0.0765. The second-order valence-corrected chi connectivity index (χ2v) is 6.80. The Balaban J connectivity index is 1.76. The third kappa shape index (κ3) is 3.65. The van der Waals surface area contributed by atoms with Crippen LogP contribution in [0.15, 0.2) is 22.9 Å². The number of fused-ring (bicyclic) bond motifs is 1. The van der Waals surface area contributed by atoms with Gasteiger partial charge in [0.05, 0.1) is 6.54 Å². The summed E-state index contributed by atoms with van der Waals surface area (Å²) in [5.74, 6) is -0.934. The lowest BCUT2D eigenvalue weighted by Gasteiger charge is -2.26. The van der Waals surface area contributed by atoms with Gasteiger partial charge in [-0.2, -0.15) is 0 Å². The zero-order valence-corrected chi connectivity index (χ0v) is 14.1. The second kappa shape index (κ2) is 6.23. The Morgan fingerprint density at radius 1 is 1.40 bits per heavy atom. The van der Waals surface area contributed by atoms with Crippen LogP contribution in [0.1, 0.15) is 27.2 Å². The molecule has 1 N–H and O–H groups in total. The lowest BCUT2D eigenvalue weighted by atomic mass is 10.2. The fraction of sp³-hybridized carbons (Fsp3) is 0.500. The summed E-state index contributed by atoms with van der Waals surface area (Å²) in [6, 6.07) is 2.38. The van der Waals surface area contributed by atoms with Crippen molar-refractivity contribution >= 4 is 23.2 Å². The lowest BCUT2D eigenvalue weighted by molar-refractivity contribution is -0.142. The molecule has 1 aliphatic heterocycles. The van der Waals surface area contributed by atoms with Crippen molar-refractivity contribution in [1.82, 2.24) is 15.0 Å². The van der Waals surface area contributed by atoms with E-state index in [1.165, 1.54) is 0 Å². The van der Waals surface area contributed by atoms with E-state index in [0.29, 0.717) is 11.1 Å². The van der Waals surface area contributed by atoms with E-state index in [1.54, 1.807) is 39.1 Å². The topological polar surface area (TPSA) is 115 Å². The zero-order chi connectivity index (χ0) is 18.2. The molecule has 2 unspecified atom stereocenters. The molecule has 0 radical (unpaired) electrons. The summed E-state index contributed by atoms with van der Waals surface area (Å²) in [5, 5.41) is 13.2. The van der Waals surface area contributed by atoms with Crippen LogP contribution in [0.3, 0.4) is 0 Å². The van der Waals surface area contributed by atoms with Gasteiger partial charge in [0.15, 0.2) is 11.1 Å². The molecule has 2 atom stereocenters. The average Bonchev–Trinajstić information content (AvgIpc) is 3.11. The fourth-order valence-electron chi connectivity index (χ4n) is 2.63. The predicted molar refractivity (Wildman–Crippen MR) is 85.2 cm³/mol. The first-order chi connectivity index (χ1) is 11.7. The Morgan fingerprint density at radius 3 is 2.84 bits per heavy atom. The second-order valence-electron chi connectivity index (χ2n) is 6.80. The van der Waals surface area contributed by atoms with Crippen LogP contribution in [0.5, 0.6) is 5.88 Å². The van der Waals surface area contributed by atoms with Gasteiger partial charge in [-0.15, -0.1) is 0 Å². The molecule has 2 aromatic rings. The summed E-state index contributed by atoms with van der Waals surface area (Å²) in [6.45, 7) is 5.24. The number of carboxylic acids is 1. The molecule has 9 heteroatoms. The molecular formula is C16H19N3O6. The average molecular weight is 349 g/mol. The summed E-state index contributed by atoms with van der Waals surface area (Å²) in [6.07, 6.45) is 0.460. The molecule has 1 fully saturated rings. The number of ether oxygens (including phenoxy) is 2. The van der Waals surface area contributed by atoms with Gasteiger partial charge >= 0.3 is 12.1 Å². The van der Waals surface area contributed by atoms with E-state index >= 15 is 0 Å². The predicted octanol–water partition coefficient (Wildman–Crippen LogP) is 2.06. The number of aromatic nitrogens is 2. The smallest absolute Gasteiger partial charge is 0.411 e. The van der Waals surface area contributed by atoms with Gasteiger partial charge in [-0.05, 0) is 38.1 Å². The SMILES string of the molecule is CC(C)(C)OC(=O)N1CC(Oc2noc3cccnc23)CC1C(=O)O. The number of hydrogen-bond acceptors (Lipinski definition) is 7. The van der Waals surface area contributed by atoms with Crippen molar-refractivity contribution in [2.45, 2.75) is 44.9 Å². The third-order valence-electron chi connectivity index (χ3n) is 3.65. The number of nitrogens with zero attached hydrogens (tertiary/aromatic N) is 3. The Kier molecular flexibility index (Phi) is 4.23. The quantitative estimate of drug-likeness (QED) is 0.895. The highest BCUT2D eigenvalue weighted by atomic mass is 16.6. The molecule has 0 aliphatic carbocycles. The van der Waals surface area contributed by atoms with Gasteiger partial charge < -0.3 is 19.1 Å². The molecule has 1 aliphatic rings. The first-order valence-electron chi connectivity index (χ1n) is 7.84. The molecule has 0 spiro atoms. The van der Waals surface area contributed by atoms with Gasteiger partial charge in [-0.1, -0.05) is 0 Å². The van der Waals surface area contributed by atoms with Crippen LogP contribution in [0.25, 0.3) is 11.1 Å². The zero-order valence-electron chi connectivity index (χ0n) is 14.1. The Labute approximate surface area is 143 Å². The lowest BCUT2D eigenvalue weighted by Crippen LogP contribution is -2.43. The first kappa shape index (κ1) is 17.0. The number of carboxylic acid groups (broad SMARTS) is 1. The van der Waals surface area contributed by atoms with E-state index < -0.39 is 29.8 Å². The Hall–Kier alpha value is -2.84. The van der Waals surface area contributed by atoms with Crippen LogP contribution in [0, 0.1) is 0 Å². The summed E-state index contributed by atoms with van der Waals surface area (Å²) in [4.78, 5) is 29.1. The van der Waals surface area contributed by atoms with Crippen LogP contribution in [-0.4, -0.2) is 56.5 Å². The molecule has 1 amide bonds. The maximum absolute atomic E-state index is 12.3. The van der Waals surface area contributed by atoms with E-state index in [4.69, 9.17) is 14.0 Å². The molecule has 0 saturated carbocycles. The van der Waals surface area contributed by atoms with Gasteiger partial charge in [-0.3, -0.25) is 4.90 Å². The Bertz CT molecular complexity index is 797. The van der Waals surface area contributed by atoms with E-state index in [0.717, 1.165) is 4.90 Å². The molecular weight excluding hydrogens is 330 g/mol. The highest BCUT2D eigenvalue weighted by Crippen LogP contribution is 2.28. The normalized spacial score (nSPS) is 20.7. The van der Waals surface area contributed by atoms with E-state index in [-0.39, 0.29) is 18.8 Å². The molecule has 3 heterocycles. The molecule has 3 rings (SSSR count). The maximum atomic E-state index is 12.3. The van der Waals surface area contributed by atoms with Crippen molar-refractivity contribution in [2.24, 2.45) is 0 Å². The van der Waals surface area contributed by atoms with Crippen molar-refractivity contribution in [3.05, 3.63) is 18.3 Å². The largest absolute Gasteiger partial charge is 0.480 e. The highest BCUT2D eigenvalue weighted by molar-refractivity contribution is 5.81. The number of carbonyl (C=O) groups excluding carboxylic acids is 1. The van der Waals surface area contributed by atoms with Crippen LogP contribution >= 0.6 is 0 Å². The highest BCUT2D eigenvalue weighted by Gasteiger charge is 2.43. The number of pyridine rings is 1. The fourth-order valence-corrected chi connectivity index (χ4v) is 2.63. The van der Waals surface area contributed by atoms with Crippen molar-refractivity contribution < 1.29 is 28.7 Å². The van der Waals surface area contributed by atoms with Crippen LogP contribution < -0.4 is 4.74 Å². The molecule has 1 saturated heterocycles. The number of carbonyl (C=O) groups is 2. The molecule has 134 valence electrons. The molecule has 25 heavy (non-hydrogen) atoms. The van der Waals surface area contributed by atoms with Crippen LogP contribution in [0.2, 0.25) is 0 Å². The summed E-state index contributed by atoms with van der Waals surface area (Å²) in [5.41, 5.74) is 0.199. The first-order valence-corrected chi connectivity index (χ1v) is 7.84.